The lowest BCUT2D eigenvalue weighted by Gasteiger charge is -2.13. The molecule has 4 nitrogen and oxygen atoms in total. The number of fused-ring (bicyclic) bond motifs is 2. The van der Waals surface area contributed by atoms with Crippen LogP contribution >= 0.6 is 0 Å². The Morgan fingerprint density at radius 1 is 1.24 bits per heavy atom. The van der Waals surface area contributed by atoms with Gasteiger partial charge in [0, 0.05) is 11.1 Å². The van der Waals surface area contributed by atoms with Crippen LogP contribution in [0.3, 0.4) is 0 Å². The van der Waals surface area contributed by atoms with Crippen LogP contribution in [0.2, 0.25) is 0 Å². The molecule has 2 heterocycles. The molecule has 2 aromatic heterocycles. The second-order valence-electron chi connectivity index (χ2n) is 5.54. The summed E-state index contributed by atoms with van der Waals surface area (Å²) in [4.78, 5) is 16.9. The molecule has 4 rings (SSSR count). The Balaban J connectivity index is 1.62. The molecule has 0 N–H and O–H groups in total. The number of rotatable bonds is 3. The summed E-state index contributed by atoms with van der Waals surface area (Å²) in [6.45, 7) is 0.308. The third kappa shape index (κ3) is 2.17. The number of para-hydroxylation sites is 1. The van der Waals surface area contributed by atoms with Gasteiger partial charge in [-0.15, -0.1) is 0 Å². The molecule has 0 bridgehead atoms. The molecule has 3 aromatic rings. The maximum Gasteiger partial charge on any atom is 0.217 e. The number of carbonyl (C=O) groups excluding carboxylic acids is 1. The van der Waals surface area contributed by atoms with Gasteiger partial charge in [-0.1, -0.05) is 18.2 Å². The van der Waals surface area contributed by atoms with E-state index in [2.05, 4.69) is 4.98 Å². The van der Waals surface area contributed by atoms with E-state index in [1.165, 1.54) is 18.5 Å². The lowest BCUT2D eigenvalue weighted by Crippen LogP contribution is -2.14. The van der Waals surface area contributed by atoms with Crippen LogP contribution in [0.1, 0.15) is 34.8 Å². The van der Waals surface area contributed by atoms with Crippen LogP contribution in [0.15, 0.2) is 41.1 Å². The van der Waals surface area contributed by atoms with E-state index in [1.807, 2.05) is 34.9 Å². The van der Waals surface area contributed by atoms with Crippen molar-refractivity contribution < 1.29 is 9.21 Å². The van der Waals surface area contributed by atoms with Gasteiger partial charge in [-0.3, -0.25) is 4.79 Å². The predicted molar refractivity (Wildman–Crippen MR) is 79.4 cm³/mol. The maximum atomic E-state index is 12.4. The lowest BCUT2D eigenvalue weighted by molar-refractivity contribution is 0.0946. The van der Waals surface area contributed by atoms with Crippen LogP contribution in [0.5, 0.6) is 0 Å². The van der Waals surface area contributed by atoms with E-state index in [1.54, 1.807) is 6.33 Å². The smallest absolute Gasteiger partial charge is 0.217 e. The summed E-state index contributed by atoms with van der Waals surface area (Å²) < 4.78 is 7.62. The lowest BCUT2D eigenvalue weighted by atomic mass is 10.0. The van der Waals surface area contributed by atoms with Crippen LogP contribution in [-0.4, -0.2) is 15.3 Å². The second-order valence-corrected chi connectivity index (χ2v) is 5.54. The van der Waals surface area contributed by atoms with E-state index in [0.717, 1.165) is 29.5 Å². The van der Waals surface area contributed by atoms with Gasteiger partial charge in [0.25, 0.3) is 0 Å². The van der Waals surface area contributed by atoms with Crippen LogP contribution in [0.4, 0.5) is 0 Å². The van der Waals surface area contributed by atoms with Crippen LogP contribution in [0, 0.1) is 0 Å². The SMILES string of the molecule is O=C(Cn1cnc2c1CCCC2)c1cc2ccccc2o1. The summed E-state index contributed by atoms with van der Waals surface area (Å²) in [5, 5.41) is 0.966. The van der Waals surface area contributed by atoms with Gasteiger partial charge in [0.2, 0.25) is 5.78 Å². The molecule has 21 heavy (non-hydrogen) atoms. The van der Waals surface area contributed by atoms with Crippen molar-refractivity contribution in [3.8, 4) is 0 Å². The highest BCUT2D eigenvalue weighted by molar-refractivity contribution is 5.97. The Kier molecular flexibility index (Phi) is 2.88. The number of aromatic nitrogens is 2. The van der Waals surface area contributed by atoms with Crippen molar-refractivity contribution in [2.24, 2.45) is 0 Å². The minimum atomic E-state index is -0.00280. The fourth-order valence-electron chi connectivity index (χ4n) is 3.02. The molecule has 0 spiro atoms. The molecule has 0 radical (unpaired) electrons. The van der Waals surface area contributed by atoms with Gasteiger partial charge < -0.3 is 8.98 Å². The molecule has 0 atom stereocenters. The molecule has 0 amide bonds. The monoisotopic (exact) mass is 280 g/mol. The number of imidazole rings is 1. The molecular formula is C17H16N2O2. The molecular weight excluding hydrogens is 264 g/mol. The molecule has 0 unspecified atom stereocenters. The Morgan fingerprint density at radius 3 is 3.00 bits per heavy atom. The number of hydrogen-bond donors (Lipinski definition) is 0. The van der Waals surface area contributed by atoms with Crippen molar-refractivity contribution in [2.45, 2.75) is 32.2 Å². The Hall–Kier alpha value is -2.36. The van der Waals surface area contributed by atoms with Gasteiger partial charge in [-0.05, 0) is 37.8 Å². The second kappa shape index (κ2) is 4.88. The van der Waals surface area contributed by atoms with Crippen LogP contribution in [0.25, 0.3) is 11.0 Å². The van der Waals surface area contributed by atoms with Gasteiger partial charge >= 0.3 is 0 Å². The largest absolute Gasteiger partial charge is 0.453 e. The Bertz CT molecular complexity index is 780. The van der Waals surface area contributed by atoms with Crippen molar-refractivity contribution in [1.29, 1.82) is 0 Å². The average molecular weight is 280 g/mol. The number of carbonyl (C=O) groups is 1. The summed E-state index contributed by atoms with van der Waals surface area (Å²) >= 11 is 0. The third-order valence-corrected chi connectivity index (χ3v) is 4.12. The maximum absolute atomic E-state index is 12.4. The van der Waals surface area contributed by atoms with Crippen LogP contribution < -0.4 is 0 Å². The highest BCUT2D eigenvalue weighted by Crippen LogP contribution is 2.22. The van der Waals surface area contributed by atoms with E-state index >= 15 is 0 Å². The molecule has 1 aliphatic carbocycles. The first-order valence-electron chi connectivity index (χ1n) is 7.36. The molecule has 1 aliphatic rings. The first-order chi connectivity index (χ1) is 10.3. The first-order valence-corrected chi connectivity index (χ1v) is 7.36. The number of furan rings is 1. The van der Waals surface area contributed by atoms with E-state index in [0.29, 0.717) is 12.3 Å². The highest BCUT2D eigenvalue weighted by Gasteiger charge is 2.18. The number of nitrogens with zero attached hydrogens (tertiary/aromatic N) is 2. The van der Waals surface area contributed by atoms with Gasteiger partial charge in [0.05, 0.1) is 18.6 Å². The van der Waals surface area contributed by atoms with Crippen molar-refractivity contribution >= 4 is 16.8 Å². The summed E-state index contributed by atoms with van der Waals surface area (Å²) in [6.07, 6.45) is 6.21. The zero-order chi connectivity index (χ0) is 14.2. The normalized spacial score (nSPS) is 14.3. The minimum absolute atomic E-state index is 0.00280. The molecule has 0 saturated heterocycles. The molecule has 106 valence electrons. The van der Waals surface area contributed by atoms with Crippen molar-refractivity contribution in [3.05, 3.63) is 53.8 Å². The summed E-state index contributed by atoms with van der Waals surface area (Å²) in [7, 11) is 0. The van der Waals surface area contributed by atoms with Gasteiger partial charge in [-0.25, -0.2) is 4.98 Å². The molecule has 0 fully saturated rings. The van der Waals surface area contributed by atoms with Crippen LogP contribution in [-0.2, 0) is 19.4 Å². The van der Waals surface area contributed by atoms with Gasteiger partial charge in [0.1, 0.15) is 5.58 Å². The number of hydrogen-bond acceptors (Lipinski definition) is 3. The fourth-order valence-corrected chi connectivity index (χ4v) is 3.02. The number of benzene rings is 1. The van der Waals surface area contributed by atoms with E-state index in [9.17, 15) is 4.79 Å². The predicted octanol–water partition coefficient (Wildman–Crippen LogP) is 3.39. The summed E-state index contributed by atoms with van der Waals surface area (Å²) in [5.74, 6) is 0.423. The van der Waals surface area contributed by atoms with E-state index < -0.39 is 0 Å². The third-order valence-electron chi connectivity index (χ3n) is 4.12. The van der Waals surface area contributed by atoms with E-state index in [4.69, 9.17) is 4.42 Å². The quantitative estimate of drug-likeness (QED) is 0.691. The van der Waals surface area contributed by atoms with Gasteiger partial charge in [-0.2, -0.15) is 0 Å². The Morgan fingerprint density at radius 2 is 2.10 bits per heavy atom. The van der Waals surface area contributed by atoms with Crippen molar-refractivity contribution in [2.75, 3.05) is 0 Å². The minimum Gasteiger partial charge on any atom is -0.453 e. The first kappa shape index (κ1) is 12.4. The highest BCUT2D eigenvalue weighted by atomic mass is 16.3. The standard InChI is InChI=1S/C17H16N2O2/c20-15(17-9-12-5-1-4-8-16(12)21-17)10-19-11-18-13-6-2-3-7-14(13)19/h1,4-5,8-9,11H,2-3,6-7,10H2. The van der Waals surface area contributed by atoms with Gasteiger partial charge in [0.15, 0.2) is 5.76 Å². The molecule has 4 heteroatoms. The fraction of sp³-hybridized carbons (Fsp3) is 0.294. The zero-order valence-electron chi connectivity index (χ0n) is 11.7. The van der Waals surface area contributed by atoms with E-state index in [-0.39, 0.29) is 5.78 Å². The van der Waals surface area contributed by atoms with Crippen molar-refractivity contribution in [3.63, 3.8) is 0 Å². The topological polar surface area (TPSA) is 48.0 Å². The molecule has 0 aliphatic heterocycles. The zero-order valence-corrected chi connectivity index (χ0v) is 11.7. The molecule has 1 aromatic carbocycles. The number of Topliss-reactive ketones (excluding diaryl/α,β-unsaturated/α-hetero) is 1. The summed E-state index contributed by atoms with van der Waals surface area (Å²) in [6, 6.07) is 9.51. The summed E-state index contributed by atoms with van der Waals surface area (Å²) in [5.41, 5.74) is 3.12. The molecule has 0 saturated carbocycles. The average Bonchev–Trinajstić information content (AvgIpc) is 3.11. The Labute approximate surface area is 122 Å². The van der Waals surface area contributed by atoms with Crippen molar-refractivity contribution in [1.82, 2.24) is 9.55 Å². The number of ketones is 1. The number of aryl methyl sites for hydroxylation is 1.